The first-order valence-electron chi connectivity index (χ1n) is 6.62. The van der Waals surface area contributed by atoms with E-state index in [4.69, 9.17) is 4.98 Å². The summed E-state index contributed by atoms with van der Waals surface area (Å²) in [7, 11) is 0. The Kier molecular flexibility index (Phi) is 2.73. The summed E-state index contributed by atoms with van der Waals surface area (Å²) in [5, 5.41) is 10.4. The number of aromatic carboxylic acids is 1. The average molecular weight is 397 g/mol. The minimum absolute atomic E-state index is 0.385. The maximum atomic E-state index is 11.8. The van der Waals surface area contributed by atoms with E-state index in [1.54, 1.807) is 0 Å². The normalized spacial score (nSPS) is 23.3. The van der Waals surface area contributed by atoms with Crippen LogP contribution in [0.15, 0.2) is 21.1 Å². The molecule has 20 heavy (non-hydrogen) atoms. The van der Waals surface area contributed by atoms with E-state index in [9.17, 15) is 9.90 Å². The van der Waals surface area contributed by atoms with Gasteiger partial charge >= 0.3 is 5.97 Å². The number of carbonyl (C=O) groups is 1. The van der Waals surface area contributed by atoms with Crippen LogP contribution < -0.4 is 0 Å². The summed E-state index contributed by atoms with van der Waals surface area (Å²) in [6.45, 7) is 0. The Balaban J connectivity index is 2.18. The van der Waals surface area contributed by atoms with Crippen molar-refractivity contribution in [2.75, 3.05) is 0 Å². The number of nitrogens with zero attached hydrogens (tertiary/aromatic N) is 1. The van der Waals surface area contributed by atoms with Gasteiger partial charge in [0.1, 0.15) is 0 Å². The van der Waals surface area contributed by atoms with Gasteiger partial charge in [0.25, 0.3) is 0 Å². The molecule has 0 aliphatic heterocycles. The molecule has 0 spiro atoms. The molecule has 102 valence electrons. The van der Waals surface area contributed by atoms with Gasteiger partial charge in [-0.15, -0.1) is 0 Å². The van der Waals surface area contributed by atoms with Crippen LogP contribution in [0.4, 0.5) is 0 Å². The highest BCUT2D eigenvalue weighted by Gasteiger charge is 2.41. The molecule has 2 bridgehead atoms. The molecule has 1 heterocycles. The van der Waals surface area contributed by atoms with Gasteiger partial charge in [-0.2, -0.15) is 0 Å². The van der Waals surface area contributed by atoms with Crippen molar-refractivity contribution in [2.45, 2.75) is 31.1 Å². The van der Waals surface area contributed by atoms with Crippen LogP contribution in [0.3, 0.4) is 0 Å². The van der Waals surface area contributed by atoms with Crippen LogP contribution in [-0.2, 0) is 0 Å². The van der Waals surface area contributed by atoms with Gasteiger partial charge in [0.05, 0.1) is 11.1 Å². The minimum Gasteiger partial charge on any atom is -0.478 e. The van der Waals surface area contributed by atoms with Gasteiger partial charge in [-0.05, 0) is 58.8 Å². The largest absolute Gasteiger partial charge is 0.478 e. The van der Waals surface area contributed by atoms with E-state index >= 15 is 0 Å². The van der Waals surface area contributed by atoms with Crippen LogP contribution in [-0.4, -0.2) is 16.1 Å². The number of rotatable bonds is 1. The molecule has 0 amide bonds. The molecule has 1 N–H and O–H groups in total. The number of hydrogen-bond acceptors (Lipinski definition) is 2. The summed E-state index contributed by atoms with van der Waals surface area (Å²) < 4.78 is 1.71. The van der Waals surface area contributed by atoms with Gasteiger partial charge < -0.3 is 5.11 Å². The van der Waals surface area contributed by atoms with Gasteiger partial charge in [-0.25, -0.2) is 4.79 Å². The number of carboxylic acid groups (broad SMARTS) is 1. The number of fused-ring (bicyclic) bond motifs is 6. The van der Waals surface area contributed by atoms with Crippen molar-refractivity contribution in [1.29, 1.82) is 0 Å². The second kappa shape index (κ2) is 4.28. The van der Waals surface area contributed by atoms with E-state index < -0.39 is 5.97 Å². The quantitative estimate of drug-likeness (QED) is 0.751. The summed E-state index contributed by atoms with van der Waals surface area (Å²) in [5.41, 5.74) is 3.23. The van der Waals surface area contributed by atoms with Crippen LogP contribution in [0.5, 0.6) is 0 Å². The number of halogens is 2. The van der Waals surface area contributed by atoms with E-state index in [-0.39, 0.29) is 0 Å². The number of hydrogen-bond donors (Lipinski definition) is 1. The van der Waals surface area contributed by atoms with Crippen LogP contribution in [0.1, 0.15) is 52.7 Å². The van der Waals surface area contributed by atoms with Crippen molar-refractivity contribution in [3.63, 3.8) is 0 Å². The predicted octanol–water partition coefficient (Wildman–Crippen LogP) is 4.82. The van der Waals surface area contributed by atoms with Crippen LogP contribution in [0, 0.1) is 0 Å². The molecule has 1 saturated carbocycles. The number of benzene rings is 1. The van der Waals surface area contributed by atoms with Crippen LogP contribution in [0.2, 0.25) is 0 Å². The monoisotopic (exact) mass is 395 g/mol. The molecule has 2 atom stereocenters. The Bertz CT molecular complexity index is 772. The molecule has 4 rings (SSSR count). The maximum Gasteiger partial charge on any atom is 0.336 e. The van der Waals surface area contributed by atoms with Gasteiger partial charge in [-0.3, -0.25) is 4.98 Å². The summed E-state index contributed by atoms with van der Waals surface area (Å²) >= 11 is 6.94. The van der Waals surface area contributed by atoms with Crippen molar-refractivity contribution in [2.24, 2.45) is 0 Å². The van der Waals surface area contributed by atoms with Crippen LogP contribution >= 0.6 is 31.9 Å². The zero-order valence-electron chi connectivity index (χ0n) is 10.5. The minimum atomic E-state index is -0.841. The molecule has 2 aromatic rings. The average Bonchev–Trinajstić information content (AvgIpc) is 2.97. The fourth-order valence-corrected chi connectivity index (χ4v) is 5.08. The highest BCUT2D eigenvalue weighted by atomic mass is 79.9. The molecular weight excluding hydrogens is 386 g/mol. The first-order chi connectivity index (χ1) is 9.56. The topological polar surface area (TPSA) is 50.2 Å². The third-order valence-electron chi connectivity index (χ3n) is 4.52. The number of aromatic nitrogens is 1. The Hall–Kier alpha value is -0.940. The molecule has 2 aliphatic rings. The standard InChI is InChI=1S/C15H11Br2NO2/c16-8-4-9-12(15(19)20)11-6-1-2-7(3-6)13(11)18-14(9)10(17)5-8/h4-7H,1-3H2,(H,19,20). The lowest BCUT2D eigenvalue weighted by Gasteiger charge is -2.19. The van der Waals surface area contributed by atoms with Gasteiger partial charge in [-0.1, -0.05) is 15.9 Å². The van der Waals surface area contributed by atoms with Gasteiger partial charge in [0.2, 0.25) is 0 Å². The summed E-state index contributed by atoms with van der Waals surface area (Å²) in [4.78, 5) is 16.6. The van der Waals surface area contributed by atoms with Crippen molar-refractivity contribution in [1.82, 2.24) is 4.98 Å². The number of carboxylic acids is 1. The summed E-state index contributed by atoms with van der Waals surface area (Å²) in [6, 6.07) is 3.78. The molecular formula is C15H11Br2NO2. The number of pyridine rings is 1. The Morgan fingerprint density at radius 2 is 2.00 bits per heavy atom. The molecule has 0 radical (unpaired) electrons. The molecule has 2 unspecified atom stereocenters. The van der Waals surface area contributed by atoms with Gasteiger partial charge in [0, 0.05) is 25.9 Å². The third-order valence-corrected chi connectivity index (χ3v) is 5.58. The first-order valence-corrected chi connectivity index (χ1v) is 8.20. The van der Waals surface area contributed by atoms with E-state index in [2.05, 4.69) is 31.9 Å². The lowest BCUT2D eigenvalue weighted by molar-refractivity contribution is 0.0697. The van der Waals surface area contributed by atoms with Gasteiger partial charge in [0.15, 0.2) is 0 Å². The van der Waals surface area contributed by atoms with Crippen molar-refractivity contribution in [3.8, 4) is 0 Å². The first kappa shape index (κ1) is 12.8. The van der Waals surface area contributed by atoms with Crippen molar-refractivity contribution < 1.29 is 9.90 Å². The van der Waals surface area contributed by atoms with E-state index in [0.29, 0.717) is 17.4 Å². The highest BCUT2D eigenvalue weighted by molar-refractivity contribution is 9.11. The SMILES string of the molecule is O=C(O)c1c2c(nc3c(Br)cc(Br)cc13)C1CCC2C1. The highest BCUT2D eigenvalue weighted by Crippen LogP contribution is 2.54. The second-order valence-electron chi connectivity index (χ2n) is 5.58. The summed E-state index contributed by atoms with van der Waals surface area (Å²) in [5.74, 6) is -0.00463. The lowest BCUT2D eigenvalue weighted by Crippen LogP contribution is -2.11. The van der Waals surface area contributed by atoms with E-state index in [1.807, 2.05) is 12.1 Å². The Morgan fingerprint density at radius 1 is 1.25 bits per heavy atom. The maximum absolute atomic E-state index is 11.8. The Labute approximate surface area is 132 Å². The van der Waals surface area contributed by atoms with Crippen molar-refractivity contribution >= 4 is 48.7 Å². The second-order valence-corrected chi connectivity index (χ2v) is 7.35. The molecule has 2 aliphatic carbocycles. The van der Waals surface area contributed by atoms with E-state index in [0.717, 1.165) is 50.4 Å². The molecule has 3 nitrogen and oxygen atoms in total. The fourth-order valence-electron chi connectivity index (χ4n) is 3.77. The van der Waals surface area contributed by atoms with Crippen molar-refractivity contribution in [3.05, 3.63) is 37.9 Å². The smallest absolute Gasteiger partial charge is 0.336 e. The zero-order valence-corrected chi connectivity index (χ0v) is 13.7. The predicted molar refractivity (Wildman–Crippen MR) is 83.4 cm³/mol. The molecule has 0 saturated heterocycles. The molecule has 5 heteroatoms. The van der Waals surface area contributed by atoms with Crippen LogP contribution in [0.25, 0.3) is 10.9 Å². The fraction of sp³-hybridized carbons (Fsp3) is 0.333. The molecule has 1 aromatic carbocycles. The lowest BCUT2D eigenvalue weighted by atomic mass is 9.89. The molecule has 1 aromatic heterocycles. The Morgan fingerprint density at radius 3 is 2.75 bits per heavy atom. The zero-order chi connectivity index (χ0) is 14.0. The molecule has 1 fully saturated rings. The third kappa shape index (κ3) is 1.62. The summed E-state index contributed by atoms with van der Waals surface area (Å²) in [6.07, 6.45) is 3.31. The van der Waals surface area contributed by atoms with E-state index in [1.165, 1.54) is 0 Å².